The Labute approximate surface area is 120 Å². The maximum atomic E-state index is 12.0. The maximum Gasteiger partial charge on any atom is 0.242 e. The summed E-state index contributed by atoms with van der Waals surface area (Å²) in [7, 11) is 1.70. The number of methoxy groups -OCH3 is 1. The second-order valence-electron chi connectivity index (χ2n) is 4.91. The molecule has 1 heterocycles. The van der Waals surface area contributed by atoms with Crippen LogP contribution >= 0.6 is 0 Å². The van der Waals surface area contributed by atoms with E-state index < -0.39 is 0 Å². The number of hydrogen-bond acceptors (Lipinski definition) is 5. The standard InChI is InChI=1S/C13H26N4O3/c1-3-11-10-17(5-4-16(11)6-7-20-2)13(19)9-15-12(18)8-14/h11H,3-10,14H2,1-2H3,(H,15,18). The number of amides is 2. The highest BCUT2D eigenvalue weighted by molar-refractivity contribution is 5.85. The van der Waals surface area contributed by atoms with E-state index in [-0.39, 0.29) is 24.9 Å². The number of nitrogens with zero attached hydrogens (tertiary/aromatic N) is 2. The maximum absolute atomic E-state index is 12.0. The first-order valence-electron chi connectivity index (χ1n) is 7.09. The van der Waals surface area contributed by atoms with E-state index in [4.69, 9.17) is 10.5 Å². The van der Waals surface area contributed by atoms with Crippen LogP contribution in [0.5, 0.6) is 0 Å². The molecule has 1 fully saturated rings. The zero-order valence-electron chi connectivity index (χ0n) is 12.4. The zero-order chi connectivity index (χ0) is 15.0. The molecule has 116 valence electrons. The third kappa shape index (κ3) is 5.07. The second-order valence-corrected chi connectivity index (χ2v) is 4.91. The zero-order valence-corrected chi connectivity index (χ0v) is 12.4. The van der Waals surface area contributed by atoms with Crippen molar-refractivity contribution in [3.05, 3.63) is 0 Å². The number of hydrogen-bond donors (Lipinski definition) is 2. The van der Waals surface area contributed by atoms with Gasteiger partial charge in [0.15, 0.2) is 0 Å². The molecule has 0 aromatic heterocycles. The molecule has 0 spiro atoms. The molecular formula is C13H26N4O3. The van der Waals surface area contributed by atoms with Gasteiger partial charge in [0.25, 0.3) is 0 Å². The van der Waals surface area contributed by atoms with Crippen LogP contribution in [0.15, 0.2) is 0 Å². The lowest BCUT2D eigenvalue weighted by Gasteiger charge is -2.41. The fourth-order valence-electron chi connectivity index (χ4n) is 2.37. The van der Waals surface area contributed by atoms with Crippen LogP contribution in [0.1, 0.15) is 13.3 Å². The van der Waals surface area contributed by atoms with E-state index in [1.165, 1.54) is 0 Å². The van der Waals surface area contributed by atoms with E-state index in [1.807, 2.05) is 4.90 Å². The van der Waals surface area contributed by atoms with Gasteiger partial charge in [-0.3, -0.25) is 14.5 Å². The van der Waals surface area contributed by atoms with Crippen molar-refractivity contribution in [2.45, 2.75) is 19.4 Å². The average molecular weight is 286 g/mol. The fourth-order valence-corrected chi connectivity index (χ4v) is 2.37. The topological polar surface area (TPSA) is 87.9 Å². The summed E-state index contributed by atoms with van der Waals surface area (Å²) < 4.78 is 5.11. The Morgan fingerprint density at radius 2 is 2.15 bits per heavy atom. The van der Waals surface area contributed by atoms with Crippen molar-refractivity contribution in [2.75, 3.05) is 53.0 Å². The molecule has 1 aliphatic rings. The lowest BCUT2D eigenvalue weighted by atomic mass is 10.1. The van der Waals surface area contributed by atoms with Crippen molar-refractivity contribution in [3.8, 4) is 0 Å². The van der Waals surface area contributed by atoms with Crippen molar-refractivity contribution >= 4 is 11.8 Å². The summed E-state index contributed by atoms with van der Waals surface area (Å²) >= 11 is 0. The molecule has 3 N–H and O–H groups in total. The van der Waals surface area contributed by atoms with E-state index in [2.05, 4.69) is 17.1 Å². The summed E-state index contributed by atoms with van der Waals surface area (Å²) in [6.07, 6.45) is 0.989. The largest absolute Gasteiger partial charge is 0.383 e. The first-order valence-corrected chi connectivity index (χ1v) is 7.09. The molecule has 7 heteroatoms. The quantitative estimate of drug-likeness (QED) is 0.603. The van der Waals surface area contributed by atoms with Crippen LogP contribution in [0.3, 0.4) is 0 Å². The van der Waals surface area contributed by atoms with Crippen molar-refractivity contribution < 1.29 is 14.3 Å². The summed E-state index contributed by atoms with van der Waals surface area (Å²) in [6.45, 7) is 5.90. The highest BCUT2D eigenvalue weighted by atomic mass is 16.5. The predicted octanol–water partition coefficient (Wildman–Crippen LogP) is -1.37. The SMILES string of the molecule is CCC1CN(C(=O)CNC(=O)CN)CCN1CCOC. The van der Waals surface area contributed by atoms with Crippen molar-refractivity contribution in [3.63, 3.8) is 0 Å². The smallest absolute Gasteiger partial charge is 0.242 e. The molecule has 1 rings (SSSR count). The van der Waals surface area contributed by atoms with Gasteiger partial charge in [0.1, 0.15) is 0 Å². The van der Waals surface area contributed by atoms with Crippen LogP contribution in [-0.4, -0.2) is 80.6 Å². The summed E-state index contributed by atoms with van der Waals surface area (Å²) in [5.74, 6) is -0.347. The van der Waals surface area contributed by atoms with Crippen LogP contribution in [0.25, 0.3) is 0 Å². The van der Waals surface area contributed by atoms with E-state index in [0.717, 1.165) is 19.5 Å². The number of piperazine rings is 1. The molecule has 1 saturated heterocycles. The molecule has 0 aliphatic carbocycles. The van der Waals surface area contributed by atoms with E-state index in [0.29, 0.717) is 25.7 Å². The average Bonchev–Trinajstić information content (AvgIpc) is 2.49. The predicted molar refractivity (Wildman–Crippen MR) is 76.2 cm³/mol. The molecule has 1 aliphatic heterocycles. The third-order valence-corrected chi connectivity index (χ3v) is 3.63. The number of carbonyl (C=O) groups excluding carboxylic acids is 2. The van der Waals surface area contributed by atoms with Gasteiger partial charge in [-0.2, -0.15) is 0 Å². The molecule has 0 aromatic rings. The number of nitrogens with one attached hydrogen (secondary N) is 1. The lowest BCUT2D eigenvalue weighted by molar-refractivity contribution is -0.135. The van der Waals surface area contributed by atoms with Gasteiger partial charge in [0.2, 0.25) is 11.8 Å². The molecular weight excluding hydrogens is 260 g/mol. The van der Waals surface area contributed by atoms with Gasteiger partial charge >= 0.3 is 0 Å². The molecule has 1 atom stereocenters. The van der Waals surface area contributed by atoms with Crippen LogP contribution in [0.2, 0.25) is 0 Å². The number of nitrogens with two attached hydrogens (primary N) is 1. The van der Waals surface area contributed by atoms with Gasteiger partial charge in [-0.25, -0.2) is 0 Å². The van der Waals surface area contributed by atoms with E-state index >= 15 is 0 Å². The van der Waals surface area contributed by atoms with Gasteiger partial charge in [0.05, 0.1) is 19.7 Å². The first kappa shape index (κ1) is 16.9. The lowest BCUT2D eigenvalue weighted by Crippen LogP contribution is -2.56. The Kier molecular flexibility index (Phi) is 7.50. The molecule has 0 bridgehead atoms. The Balaban J connectivity index is 2.42. The number of carbonyl (C=O) groups is 2. The molecule has 0 saturated carbocycles. The van der Waals surface area contributed by atoms with Crippen LogP contribution in [0.4, 0.5) is 0 Å². The minimum atomic E-state index is -0.302. The van der Waals surface area contributed by atoms with Crippen LogP contribution < -0.4 is 11.1 Å². The highest BCUT2D eigenvalue weighted by Gasteiger charge is 2.27. The van der Waals surface area contributed by atoms with Crippen LogP contribution in [0, 0.1) is 0 Å². The van der Waals surface area contributed by atoms with Gasteiger partial charge in [-0.05, 0) is 6.42 Å². The fraction of sp³-hybridized carbons (Fsp3) is 0.846. The van der Waals surface area contributed by atoms with E-state index in [9.17, 15) is 9.59 Å². The molecule has 7 nitrogen and oxygen atoms in total. The third-order valence-electron chi connectivity index (χ3n) is 3.63. The molecule has 2 amide bonds. The molecule has 0 aromatic carbocycles. The van der Waals surface area contributed by atoms with Crippen LogP contribution in [-0.2, 0) is 14.3 Å². The van der Waals surface area contributed by atoms with Gasteiger partial charge in [0, 0.05) is 39.3 Å². The molecule has 20 heavy (non-hydrogen) atoms. The minimum absolute atomic E-state index is 0.0323. The monoisotopic (exact) mass is 286 g/mol. The summed E-state index contributed by atoms with van der Waals surface area (Å²) in [6, 6.07) is 0.355. The second kappa shape index (κ2) is 8.89. The Hall–Kier alpha value is -1.18. The Morgan fingerprint density at radius 3 is 2.75 bits per heavy atom. The number of rotatable bonds is 7. The Bertz CT molecular complexity index is 325. The minimum Gasteiger partial charge on any atom is -0.383 e. The van der Waals surface area contributed by atoms with Gasteiger partial charge in [-0.1, -0.05) is 6.92 Å². The molecule has 1 unspecified atom stereocenters. The van der Waals surface area contributed by atoms with Gasteiger partial charge in [-0.15, -0.1) is 0 Å². The molecule has 0 radical (unpaired) electrons. The van der Waals surface area contributed by atoms with E-state index in [1.54, 1.807) is 7.11 Å². The van der Waals surface area contributed by atoms with Crippen molar-refractivity contribution in [2.24, 2.45) is 5.73 Å². The summed E-state index contributed by atoms with van der Waals surface area (Å²) in [5.41, 5.74) is 5.19. The summed E-state index contributed by atoms with van der Waals surface area (Å²) in [5, 5.41) is 2.52. The number of ether oxygens (including phenoxy) is 1. The summed E-state index contributed by atoms with van der Waals surface area (Å²) in [4.78, 5) is 27.3. The highest BCUT2D eigenvalue weighted by Crippen LogP contribution is 2.12. The van der Waals surface area contributed by atoms with Crippen molar-refractivity contribution in [1.82, 2.24) is 15.1 Å². The van der Waals surface area contributed by atoms with Gasteiger partial charge < -0.3 is 20.7 Å². The van der Waals surface area contributed by atoms with Crippen molar-refractivity contribution in [1.29, 1.82) is 0 Å². The first-order chi connectivity index (χ1) is 9.62. The Morgan fingerprint density at radius 1 is 1.40 bits per heavy atom. The normalized spacial score (nSPS) is 19.9.